The fourth-order valence-electron chi connectivity index (χ4n) is 4.01. The Morgan fingerprint density at radius 1 is 1.23 bits per heavy atom. The molecule has 144 valence electrons. The number of rotatable bonds is 6. The highest BCUT2D eigenvalue weighted by Crippen LogP contribution is 2.32. The molecule has 2 heterocycles. The number of carbonyl (C=O) groups excluding carboxylic acids is 1. The number of ether oxygens (including phenoxy) is 1. The largest absolute Gasteiger partial charge is 0.484 e. The van der Waals surface area contributed by atoms with Crippen molar-refractivity contribution in [1.82, 2.24) is 10.6 Å². The van der Waals surface area contributed by atoms with Crippen LogP contribution in [0.2, 0.25) is 0 Å². The second-order valence-electron chi connectivity index (χ2n) is 7.44. The Morgan fingerprint density at radius 2 is 1.85 bits per heavy atom. The van der Waals surface area contributed by atoms with Crippen LogP contribution in [0.25, 0.3) is 0 Å². The smallest absolute Gasteiger partial charge is 0.422 e. The van der Waals surface area contributed by atoms with Gasteiger partial charge in [0.2, 0.25) is 5.91 Å². The van der Waals surface area contributed by atoms with Gasteiger partial charge in [-0.2, -0.15) is 13.2 Å². The van der Waals surface area contributed by atoms with Crippen LogP contribution in [0, 0.1) is 5.92 Å². The van der Waals surface area contributed by atoms with Gasteiger partial charge in [0.15, 0.2) is 6.61 Å². The van der Waals surface area contributed by atoms with Gasteiger partial charge in [0, 0.05) is 18.5 Å². The topological polar surface area (TPSA) is 50.4 Å². The molecule has 3 atom stereocenters. The van der Waals surface area contributed by atoms with E-state index in [1.54, 1.807) is 12.1 Å². The second-order valence-corrected chi connectivity index (χ2v) is 7.44. The molecule has 2 aliphatic rings. The van der Waals surface area contributed by atoms with E-state index in [1.165, 1.54) is 25.0 Å². The zero-order valence-corrected chi connectivity index (χ0v) is 14.8. The number of hydrogen-bond donors (Lipinski definition) is 2. The minimum Gasteiger partial charge on any atom is -0.484 e. The number of fused-ring (bicyclic) bond motifs is 2. The predicted octanol–water partition coefficient (Wildman–Crippen LogP) is 3.73. The molecular weight excluding hydrogens is 345 g/mol. The number of halogens is 3. The van der Waals surface area contributed by atoms with Crippen LogP contribution in [0.15, 0.2) is 24.3 Å². The molecule has 2 bridgehead atoms. The van der Waals surface area contributed by atoms with Gasteiger partial charge in [-0.05, 0) is 56.2 Å². The van der Waals surface area contributed by atoms with Crippen molar-refractivity contribution in [2.45, 2.75) is 63.3 Å². The molecule has 0 saturated carbocycles. The first-order valence-corrected chi connectivity index (χ1v) is 9.13. The van der Waals surface area contributed by atoms with Gasteiger partial charge in [-0.25, -0.2) is 0 Å². The lowest BCUT2D eigenvalue weighted by Gasteiger charge is -2.29. The normalized spacial score (nSPS) is 26.4. The lowest BCUT2D eigenvalue weighted by Crippen LogP contribution is -2.40. The summed E-state index contributed by atoms with van der Waals surface area (Å²) in [5.41, 5.74) is 0.836. The van der Waals surface area contributed by atoms with Gasteiger partial charge >= 0.3 is 6.18 Å². The van der Waals surface area contributed by atoms with E-state index in [9.17, 15) is 18.0 Å². The van der Waals surface area contributed by atoms with Crippen molar-refractivity contribution < 1.29 is 22.7 Å². The fourth-order valence-corrected chi connectivity index (χ4v) is 4.01. The molecular formula is C19H25F3N2O2. The van der Waals surface area contributed by atoms with Gasteiger partial charge in [-0.3, -0.25) is 4.79 Å². The molecule has 3 unspecified atom stereocenters. The highest BCUT2D eigenvalue weighted by Gasteiger charge is 2.34. The first-order valence-electron chi connectivity index (χ1n) is 9.13. The Morgan fingerprint density at radius 3 is 2.42 bits per heavy atom. The van der Waals surface area contributed by atoms with E-state index >= 15 is 0 Å². The van der Waals surface area contributed by atoms with Crippen LogP contribution in [-0.4, -0.2) is 30.8 Å². The van der Waals surface area contributed by atoms with Crippen molar-refractivity contribution in [2.24, 2.45) is 5.92 Å². The van der Waals surface area contributed by atoms with Crippen molar-refractivity contribution in [3.05, 3.63) is 29.8 Å². The first kappa shape index (κ1) is 19.0. The number of piperidine rings is 1. The Balaban J connectivity index is 1.46. The highest BCUT2D eigenvalue weighted by molar-refractivity contribution is 5.76. The third kappa shape index (κ3) is 5.37. The third-order valence-electron chi connectivity index (χ3n) is 5.20. The molecule has 0 radical (unpaired) electrons. The summed E-state index contributed by atoms with van der Waals surface area (Å²) in [4.78, 5) is 12.3. The van der Waals surface area contributed by atoms with E-state index in [4.69, 9.17) is 4.74 Å². The molecule has 1 aromatic carbocycles. The number of benzene rings is 1. The monoisotopic (exact) mass is 370 g/mol. The Labute approximate surface area is 151 Å². The van der Waals surface area contributed by atoms with Crippen LogP contribution in [0.4, 0.5) is 13.2 Å². The number of amides is 1. The average molecular weight is 370 g/mol. The molecule has 2 aliphatic heterocycles. The summed E-state index contributed by atoms with van der Waals surface area (Å²) in [6, 6.07) is 7.28. The number of alkyl halides is 3. The quantitative estimate of drug-likeness (QED) is 0.802. The van der Waals surface area contributed by atoms with Gasteiger partial charge in [0.25, 0.3) is 0 Å². The molecule has 2 fully saturated rings. The van der Waals surface area contributed by atoms with Gasteiger partial charge in [-0.1, -0.05) is 12.1 Å². The van der Waals surface area contributed by atoms with E-state index in [0.29, 0.717) is 24.4 Å². The summed E-state index contributed by atoms with van der Waals surface area (Å²) >= 11 is 0. The van der Waals surface area contributed by atoms with Crippen LogP contribution in [0.3, 0.4) is 0 Å². The van der Waals surface area contributed by atoms with Crippen molar-refractivity contribution >= 4 is 5.91 Å². The number of carbonyl (C=O) groups is 1. The lowest BCUT2D eigenvalue weighted by atomic mass is 9.89. The molecule has 1 amide bonds. The molecule has 3 rings (SSSR count). The zero-order chi connectivity index (χ0) is 18.7. The minimum atomic E-state index is -4.35. The van der Waals surface area contributed by atoms with E-state index in [2.05, 4.69) is 10.6 Å². The first-order chi connectivity index (χ1) is 12.3. The van der Waals surface area contributed by atoms with E-state index < -0.39 is 12.8 Å². The minimum absolute atomic E-state index is 0.0289. The molecule has 26 heavy (non-hydrogen) atoms. The van der Waals surface area contributed by atoms with E-state index in [1.807, 2.05) is 6.92 Å². The third-order valence-corrected chi connectivity index (χ3v) is 5.20. The van der Waals surface area contributed by atoms with Gasteiger partial charge in [-0.15, -0.1) is 0 Å². The van der Waals surface area contributed by atoms with Gasteiger partial charge in [0.1, 0.15) is 5.75 Å². The zero-order valence-electron chi connectivity index (χ0n) is 14.8. The maximum Gasteiger partial charge on any atom is 0.422 e. The van der Waals surface area contributed by atoms with Crippen LogP contribution in [-0.2, 0) is 4.79 Å². The SMILES string of the molecule is CC(NC(=O)CC1CC2CCC(C1)N2)c1ccc(OCC(F)(F)F)cc1. The van der Waals surface area contributed by atoms with Crippen LogP contribution in [0.1, 0.15) is 50.6 Å². The standard InChI is InChI=1S/C19H25F3N2O2/c1-12(14-2-6-17(7-3-14)26-11-19(20,21)22)23-18(25)10-13-8-15-4-5-16(9-13)24-15/h2-3,6-7,12-13,15-16,24H,4-5,8-11H2,1H3,(H,23,25). The maximum atomic E-state index is 12.3. The van der Waals surface area contributed by atoms with Crippen molar-refractivity contribution in [2.75, 3.05) is 6.61 Å². The van der Waals surface area contributed by atoms with E-state index in [0.717, 1.165) is 18.4 Å². The van der Waals surface area contributed by atoms with Gasteiger partial charge in [0.05, 0.1) is 6.04 Å². The second kappa shape index (κ2) is 7.86. The molecule has 2 saturated heterocycles. The van der Waals surface area contributed by atoms with Crippen molar-refractivity contribution in [3.63, 3.8) is 0 Å². The Hall–Kier alpha value is -1.76. The molecule has 2 N–H and O–H groups in total. The van der Waals surface area contributed by atoms with Crippen LogP contribution >= 0.6 is 0 Å². The van der Waals surface area contributed by atoms with Crippen LogP contribution in [0.5, 0.6) is 5.75 Å². The molecule has 0 spiro atoms. The molecule has 0 aliphatic carbocycles. The number of nitrogens with one attached hydrogen (secondary N) is 2. The maximum absolute atomic E-state index is 12.3. The Kier molecular flexibility index (Phi) is 5.75. The van der Waals surface area contributed by atoms with E-state index in [-0.39, 0.29) is 17.7 Å². The van der Waals surface area contributed by atoms with Crippen LogP contribution < -0.4 is 15.4 Å². The summed E-state index contributed by atoms with van der Waals surface area (Å²) in [7, 11) is 0. The molecule has 0 aromatic heterocycles. The summed E-state index contributed by atoms with van der Waals surface area (Å²) in [6.07, 6.45) is 0.719. The summed E-state index contributed by atoms with van der Waals surface area (Å²) in [5.74, 6) is 0.620. The Bertz CT molecular complexity index is 606. The highest BCUT2D eigenvalue weighted by atomic mass is 19.4. The molecule has 4 nitrogen and oxygen atoms in total. The van der Waals surface area contributed by atoms with Crippen molar-refractivity contribution in [3.8, 4) is 5.75 Å². The fraction of sp³-hybridized carbons (Fsp3) is 0.632. The summed E-state index contributed by atoms with van der Waals surface area (Å²) in [6.45, 7) is 0.562. The molecule has 1 aromatic rings. The molecule has 7 heteroatoms. The summed E-state index contributed by atoms with van der Waals surface area (Å²) < 4.78 is 41.2. The van der Waals surface area contributed by atoms with Gasteiger partial charge < -0.3 is 15.4 Å². The lowest BCUT2D eigenvalue weighted by molar-refractivity contribution is -0.153. The average Bonchev–Trinajstić information content (AvgIpc) is 2.91. The summed E-state index contributed by atoms with van der Waals surface area (Å²) in [5, 5.41) is 6.56. The number of hydrogen-bond acceptors (Lipinski definition) is 3. The van der Waals surface area contributed by atoms with Crippen molar-refractivity contribution in [1.29, 1.82) is 0 Å². The predicted molar refractivity (Wildman–Crippen MR) is 91.8 cm³/mol.